The van der Waals surface area contributed by atoms with Crippen molar-refractivity contribution in [2.45, 2.75) is 33.4 Å². The summed E-state index contributed by atoms with van der Waals surface area (Å²) in [6, 6.07) is 14.0. The fourth-order valence-corrected chi connectivity index (χ4v) is 2.84. The predicted octanol–water partition coefficient (Wildman–Crippen LogP) is 3.40. The first-order chi connectivity index (χ1) is 11.0. The number of hydrogen-bond donors (Lipinski definition) is 1. The molecule has 3 aromatic rings. The minimum Gasteiger partial charge on any atom is -0.491 e. The van der Waals surface area contributed by atoms with Gasteiger partial charge in [0.1, 0.15) is 24.3 Å². The van der Waals surface area contributed by atoms with Crippen molar-refractivity contribution in [1.82, 2.24) is 9.55 Å². The van der Waals surface area contributed by atoms with Gasteiger partial charge in [-0.1, -0.05) is 29.8 Å². The van der Waals surface area contributed by atoms with Gasteiger partial charge in [0.25, 0.3) is 0 Å². The number of imidazole rings is 1. The molecule has 2 aromatic carbocycles. The second-order valence-corrected chi connectivity index (χ2v) is 5.99. The Hall–Kier alpha value is -2.33. The number of aryl methyl sites for hydroxylation is 3. The topological polar surface area (TPSA) is 47.3 Å². The Morgan fingerprint density at radius 1 is 1.13 bits per heavy atom. The van der Waals surface area contributed by atoms with Gasteiger partial charge in [-0.3, -0.25) is 0 Å². The molecule has 0 spiro atoms. The summed E-state index contributed by atoms with van der Waals surface area (Å²) in [6.07, 6.45) is -0.591. The zero-order chi connectivity index (χ0) is 16.4. The highest BCUT2D eigenvalue weighted by molar-refractivity contribution is 5.75. The zero-order valence-corrected chi connectivity index (χ0v) is 13.8. The largest absolute Gasteiger partial charge is 0.491 e. The second-order valence-electron chi connectivity index (χ2n) is 5.99. The van der Waals surface area contributed by atoms with Gasteiger partial charge < -0.3 is 14.4 Å². The van der Waals surface area contributed by atoms with Crippen molar-refractivity contribution in [3.63, 3.8) is 0 Å². The maximum atomic E-state index is 10.3. The van der Waals surface area contributed by atoms with Crippen LogP contribution in [0.5, 0.6) is 5.75 Å². The van der Waals surface area contributed by atoms with Crippen molar-refractivity contribution in [2.75, 3.05) is 6.61 Å². The molecule has 0 aliphatic heterocycles. The van der Waals surface area contributed by atoms with Gasteiger partial charge in [-0.15, -0.1) is 0 Å². The van der Waals surface area contributed by atoms with E-state index in [1.54, 1.807) is 0 Å². The van der Waals surface area contributed by atoms with E-state index >= 15 is 0 Å². The van der Waals surface area contributed by atoms with Crippen molar-refractivity contribution in [3.05, 3.63) is 59.4 Å². The molecule has 23 heavy (non-hydrogen) atoms. The van der Waals surface area contributed by atoms with Crippen LogP contribution in [-0.4, -0.2) is 27.4 Å². The van der Waals surface area contributed by atoms with E-state index in [-0.39, 0.29) is 6.61 Å². The molecular weight excluding hydrogens is 288 g/mol. The Balaban J connectivity index is 1.69. The Bertz CT molecular complexity index is 823. The van der Waals surface area contributed by atoms with E-state index in [4.69, 9.17) is 4.74 Å². The molecular formula is C19H22N2O2. The predicted molar refractivity (Wildman–Crippen MR) is 91.9 cm³/mol. The number of para-hydroxylation sites is 2. The van der Waals surface area contributed by atoms with Crippen molar-refractivity contribution < 1.29 is 9.84 Å². The van der Waals surface area contributed by atoms with Gasteiger partial charge in [0, 0.05) is 0 Å². The van der Waals surface area contributed by atoms with Crippen molar-refractivity contribution in [2.24, 2.45) is 0 Å². The number of benzene rings is 2. The normalized spacial score (nSPS) is 12.5. The zero-order valence-electron chi connectivity index (χ0n) is 13.8. The lowest BCUT2D eigenvalue weighted by Crippen LogP contribution is -2.24. The average molecular weight is 310 g/mol. The van der Waals surface area contributed by atoms with Crippen LogP contribution in [-0.2, 0) is 6.54 Å². The van der Waals surface area contributed by atoms with Gasteiger partial charge in [-0.05, 0) is 44.5 Å². The molecule has 120 valence electrons. The lowest BCUT2D eigenvalue weighted by Gasteiger charge is -2.16. The van der Waals surface area contributed by atoms with Gasteiger partial charge >= 0.3 is 0 Å². The quantitative estimate of drug-likeness (QED) is 0.785. The summed E-state index contributed by atoms with van der Waals surface area (Å²) >= 11 is 0. The Labute approximate surface area is 136 Å². The van der Waals surface area contributed by atoms with E-state index in [0.29, 0.717) is 6.54 Å². The molecule has 0 saturated heterocycles. The van der Waals surface area contributed by atoms with E-state index in [9.17, 15) is 5.11 Å². The lowest BCUT2D eigenvalue weighted by molar-refractivity contribution is 0.0926. The Kier molecular flexibility index (Phi) is 4.35. The Morgan fingerprint density at radius 3 is 2.70 bits per heavy atom. The van der Waals surface area contributed by atoms with E-state index in [1.807, 2.05) is 54.8 Å². The molecule has 1 heterocycles. The molecule has 1 unspecified atom stereocenters. The van der Waals surface area contributed by atoms with Gasteiger partial charge in [-0.25, -0.2) is 4.98 Å². The summed E-state index contributed by atoms with van der Waals surface area (Å²) in [5, 5.41) is 10.3. The highest BCUT2D eigenvalue weighted by Crippen LogP contribution is 2.20. The van der Waals surface area contributed by atoms with Crippen LogP contribution in [0.4, 0.5) is 0 Å². The van der Waals surface area contributed by atoms with Crippen LogP contribution in [0.15, 0.2) is 42.5 Å². The minimum atomic E-state index is -0.591. The Morgan fingerprint density at radius 2 is 1.91 bits per heavy atom. The van der Waals surface area contributed by atoms with E-state index < -0.39 is 6.10 Å². The second kappa shape index (κ2) is 6.42. The number of hydrogen-bond acceptors (Lipinski definition) is 3. The summed E-state index contributed by atoms with van der Waals surface area (Å²) in [5.41, 5.74) is 4.28. The highest BCUT2D eigenvalue weighted by Gasteiger charge is 2.12. The maximum Gasteiger partial charge on any atom is 0.122 e. The first-order valence-corrected chi connectivity index (χ1v) is 7.84. The van der Waals surface area contributed by atoms with Crippen LogP contribution < -0.4 is 4.74 Å². The number of nitrogens with zero attached hydrogens (tertiary/aromatic N) is 2. The molecule has 0 bridgehead atoms. The summed E-state index contributed by atoms with van der Waals surface area (Å²) < 4.78 is 7.80. The van der Waals surface area contributed by atoms with Crippen molar-refractivity contribution in [3.8, 4) is 5.75 Å². The first-order valence-electron chi connectivity index (χ1n) is 7.84. The van der Waals surface area contributed by atoms with E-state index in [1.165, 1.54) is 5.56 Å². The van der Waals surface area contributed by atoms with Gasteiger partial charge in [0.05, 0.1) is 17.6 Å². The average Bonchev–Trinajstić information content (AvgIpc) is 2.82. The minimum absolute atomic E-state index is 0.260. The molecule has 1 N–H and O–H groups in total. The molecule has 0 fully saturated rings. The molecule has 0 amide bonds. The van der Waals surface area contributed by atoms with Gasteiger partial charge in [0.2, 0.25) is 0 Å². The van der Waals surface area contributed by atoms with Crippen molar-refractivity contribution >= 4 is 11.0 Å². The summed E-state index contributed by atoms with van der Waals surface area (Å²) in [4.78, 5) is 4.52. The third kappa shape index (κ3) is 3.37. The van der Waals surface area contributed by atoms with E-state index in [2.05, 4.69) is 18.0 Å². The maximum absolute atomic E-state index is 10.3. The fourth-order valence-electron chi connectivity index (χ4n) is 2.84. The molecule has 3 rings (SSSR count). The van der Waals surface area contributed by atoms with Crippen LogP contribution in [0.25, 0.3) is 11.0 Å². The lowest BCUT2D eigenvalue weighted by atomic mass is 10.1. The molecule has 0 aliphatic rings. The summed E-state index contributed by atoms with van der Waals surface area (Å²) in [5.74, 6) is 1.72. The molecule has 4 heteroatoms. The van der Waals surface area contributed by atoms with Crippen LogP contribution in [0.3, 0.4) is 0 Å². The monoisotopic (exact) mass is 310 g/mol. The highest BCUT2D eigenvalue weighted by atomic mass is 16.5. The van der Waals surface area contributed by atoms with Crippen LogP contribution >= 0.6 is 0 Å². The molecule has 1 aromatic heterocycles. The van der Waals surface area contributed by atoms with Gasteiger partial charge in [0.15, 0.2) is 0 Å². The molecule has 0 saturated carbocycles. The van der Waals surface area contributed by atoms with E-state index in [0.717, 1.165) is 28.2 Å². The SMILES string of the molecule is Cc1ccc(OCC(O)Cn2c(C)nc3ccccc32)c(C)c1. The molecule has 1 atom stereocenters. The number of fused-ring (bicyclic) bond motifs is 1. The smallest absolute Gasteiger partial charge is 0.122 e. The third-order valence-corrected chi connectivity index (χ3v) is 4.00. The van der Waals surface area contributed by atoms with Crippen LogP contribution in [0, 0.1) is 20.8 Å². The van der Waals surface area contributed by atoms with Crippen LogP contribution in [0.1, 0.15) is 17.0 Å². The fraction of sp³-hybridized carbons (Fsp3) is 0.316. The third-order valence-electron chi connectivity index (χ3n) is 4.00. The number of aliphatic hydroxyl groups excluding tert-OH is 1. The molecule has 4 nitrogen and oxygen atoms in total. The number of rotatable bonds is 5. The van der Waals surface area contributed by atoms with Gasteiger partial charge in [-0.2, -0.15) is 0 Å². The summed E-state index contributed by atoms with van der Waals surface area (Å²) in [6.45, 7) is 6.76. The van der Waals surface area contributed by atoms with Crippen LogP contribution in [0.2, 0.25) is 0 Å². The first kappa shape index (κ1) is 15.6. The number of ether oxygens (including phenoxy) is 1. The van der Waals surface area contributed by atoms with Crippen molar-refractivity contribution in [1.29, 1.82) is 0 Å². The number of aliphatic hydroxyl groups is 1. The summed E-state index contributed by atoms with van der Waals surface area (Å²) in [7, 11) is 0. The number of aromatic nitrogens is 2. The molecule has 0 aliphatic carbocycles. The standard InChI is InChI=1S/C19H22N2O2/c1-13-8-9-19(14(2)10-13)23-12-16(22)11-21-15(3)20-17-6-4-5-7-18(17)21/h4-10,16,22H,11-12H2,1-3H3. The molecule has 0 radical (unpaired) electrons.